The predicted molar refractivity (Wildman–Crippen MR) is 166 cm³/mol. The van der Waals surface area contributed by atoms with E-state index in [1.54, 1.807) is 12.1 Å². The van der Waals surface area contributed by atoms with Gasteiger partial charge in [-0.3, -0.25) is 9.63 Å². The number of quaternary nitrogens is 1. The number of imide groups is 1. The van der Waals surface area contributed by atoms with Crippen LogP contribution < -0.4 is 10.8 Å². The first-order valence-electron chi connectivity index (χ1n) is 15.9. The Morgan fingerprint density at radius 2 is 1.48 bits per heavy atom. The van der Waals surface area contributed by atoms with Gasteiger partial charge < -0.3 is 15.2 Å². The van der Waals surface area contributed by atoms with E-state index in [9.17, 15) is 24.3 Å². The summed E-state index contributed by atoms with van der Waals surface area (Å²) in [6, 6.07) is 17.1. The van der Waals surface area contributed by atoms with Crippen molar-refractivity contribution in [2.75, 3.05) is 19.6 Å². The molecule has 3 atom stereocenters. The van der Waals surface area contributed by atoms with Crippen molar-refractivity contribution in [1.82, 2.24) is 10.8 Å². The van der Waals surface area contributed by atoms with Crippen molar-refractivity contribution < 1.29 is 38.3 Å². The summed E-state index contributed by atoms with van der Waals surface area (Å²) in [5.74, 6) is -2.84. The highest BCUT2D eigenvalue weighted by Gasteiger charge is 2.58. The van der Waals surface area contributed by atoms with E-state index in [0.717, 1.165) is 36.8 Å². The van der Waals surface area contributed by atoms with Gasteiger partial charge in [-0.2, -0.15) is 4.79 Å². The van der Waals surface area contributed by atoms with Gasteiger partial charge in [0.25, 0.3) is 0 Å². The highest BCUT2D eigenvalue weighted by atomic mass is 16.6. The lowest BCUT2D eigenvalue weighted by molar-refractivity contribution is -0.804. The van der Waals surface area contributed by atoms with Crippen LogP contribution in [0.25, 0.3) is 0 Å². The number of rotatable bonds is 18. The van der Waals surface area contributed by atoms with Crippen LogP contribution in [0.15, 0.2) is 60.7 Å². The number of amides is 3. The molecule has 3 rings (SSSR count). The molecule has 2 aromatic carbocycles. The summed E-state index contributed by atoms with van der Waals surface area (Å²) in [6.45, 7) is 2.38. The lowest BCUT2D eigenvalue weighted by Gasteiger charge is -2.40. The molecule has 0 bridgehead atoms. The Hall–Kier alpha value is -3.60. The van der Waals surface area contributed by atoms with E-state index in [2.05, 4.69) is 17.7 Å². The zero-order chi connectivity index (χ0) is 31.6. The second-order valence-corrected chi connectivity index (χ2v) is 11.5. The maximum absolute atomic E-state index is 14.3. The molecular weight excluding hydrogens is 562 g/mol. The minimum atomic E-state index is -1.42. The van der Waals surface area contributed by atoms with E-state index in [0.29, 0.717) is 12.8 Å². The number of benzene rings is 2. The first kappa shape index (κ1) is 34.9. The van der Waals surface area contributed by atoms with Crippen molar-refractivity contribution >= 4 is 23.9 Å². The lowest BCUT2D eigenvalue weighted by Crippen LogP contribution is -2.73. The molecule has 3 amide bonds. The van der Waals surface area contributed by atoms with Gasteiger partial charge in [-0.05, 0) is 17.5 Å². The minimum absolute atomic E-state index is 0.0253. The van der Waals surface area contributed by atoms with Crippen LogP contribution in [-0.4, -0.2) is 59.1 Å². The van der Waals surface area contributed by atoms with E-state index in [-0.39, 0.29) is 39.3 Å². The average Bonchev–Trinajstić information content (AvgIpc) is 3.04. The number of nitrogens with one attached hydrogen (secondary N) is 2. The van der Waals surface area contributed by atoms with Crippen LogP contribution in [0.5, 0.6) is 0 Å². The van der Waals surface area contributed by atoms with Gasteiger partial charge in [0.05, 0.1) is 19.1 Å². The van der Waals surface area contributed by atoms with Gasteiger partial charge in [0.2, 0.25) is 11.9 Å². The zero-order valence-electron chi connectivity index (χ0n) is 25.9. The third kappa shape index (κ3) is 10.5. The van der Waals surface area contributed by atoms with Crippen LogP contribution in [0.3, 0.4) is 0 Å². The van der Waals surface area contributed by atoms with Crippen molar-refractivity contribution in [2.24, 2.45) is 5.92 Å². The van der Waals surface area contributed by atoms with E-state index < -0.39 is 40.3 Å². The monoisotopic (exact) mass is 610 g/mol. The Morgan fingerprint density at radius 3 is 2.09 bits per heavy atom. The third-order valence-electron chi connectivity index (χ3n) is 8.20. The Bertz CT molecular complexity index is 1180. The first-order valence-corrected chi connectivity index (χ1v) is 15.9. The fourth-order valence-corrected chi connectivity index (χ4v) is 5.68. The van der Waals surface area contributed by atoms with E-state index in [1.165, 1.54) is 19.3 Å². The summed E-state index contributed by atoms with van der Waals surface area (Å²) < 4.78 is 4.43. The first-order chi connectivity index (χ1) is 21.4. The molecule has 44 heavy (non-hydrogen) atoms. The number of esters is 1. The third-order valence-corrected chi connectivity index (χ3v) is 8.20. The number of unbranched alkanes of at least 4 members (excludes halogenated alkanes) is 7. The predicted octanol–water partition coefficient (Wildman–Crippen LogP) is 5.51. The smallest absolute Gasteiger partial charge is 0.456 e. The Balaban J connectivity index is 1.71. The average molecular weight is 611 g/mol. The minimum Gasteiger partial charge on any atom is -0.456 e. The van der Waals surface area contributed by atoms with Gasteiger partial charge in [0.15, 0.2) is 0 Å². The Morgan fingerprint density at radius 1 is 0.886 bits per heavy atom. The maximum Gasteiger partial charge on any atom is 0.521 e. The topological polar surface area (TPSA) is 131 Å². The standard InChI is InChI=1S/C34H47N3O7/c1-2-3-4-5-6-7-8-15-20-29(23-31(38)36-44-26-28-18-13-10-14-19-28)32(39)37(34(41)42)22-21-35-24-30(37)33(40)43-25-27-16-11-9-12-17-27/h9-14,16-19,29-30,35H,2-8,15,20-26H2,1H3,(H-,36,38,41,42)/p+1/t29-,30?,37-/m1/s1. The Kier molecular flexibility index (Phi) is 15.0. The Labute approximate surface area is 260 Å². The molecule has 1 aliphatic rings. The molecule has 2 aromatic rings. The van der Waals surface area contributed by atoms with Crippen molar-refractivity contribution in [3.05, 3.63) is 71.8 Å². The maximum atomic E-state index is 14.3. The number of hydroxylamine groups is 1. The molecule has 3 N–H and O–H groups in total. The zero-order valence-corrected chi connectivity index (χ0v) is 25.9. The van der Waals surface area contributed by atoms with Crippen LogP contribution >= 0.6 is 0 Å². The van der Waals surface area contributed by atoms with E-state index >= 15 is 0 Å². The van der Waals surface area contributed by atoms with Gasteiger partial charge in [0.1, 0.15) is 13.2 Å². The second kappa shape index (κ2) is 18.9. The second-order valence-electron chi connectivity index (χ2n) is 11.5. The van der Waals surface area contributed by atoms with Gasteiger partial charge >= 0.3 is 18.0 Å². The molecule has 0 aliphatic carbocycles. The molecule has 240 valence electrons. The van der Waals surface area contributed by atoms with Gasteiger partial charge in [-0.1, -0.05) is 119 Å². The molecular formula is C34H48N3O7+. The van der Waals surface area contributed by atoms with Crippen molar-refractivity contribution in [3.8, 4) is 0 Å². The fourth-order valence-electron chi connectivity index (χ4n) is 5.68. The summed E-state index contributed by atoms with van der Waals surface area (Å²) in [6.07, 6.45) is 7.10. The molecule has 1 heterocycles. The van der Waals surface area contributed by atoms with Crippen molar-refractivity contribution in [3.63, 3.8) is 0 Å². The van der Waals surface area contributed by atoms with Crippen LogP contribution in [0.2, 0.25) is 0 Å². The largest absolute Gasteiger partial charge is 0.521 e. The normalized spacial score (nSPS) is 18.7. The highest BCUT2D eigenvalue weighted by Crippen LogP contribution is 2.28. The molecule has 0 aromatic heterocycles. The van der Waals surface area contributed by atoms with Crippen molar-refractivity contribution in [2.45, 2.75) is 90.4 Å². The summed E-state index contributed by atoms with van der Waals surface area (Å²) in [7, 11) is 0. The van der Waals surface area contributed by atoms with Crippen molar-refractivity contribution in [1.29, 1.82) is 0 Å². The molecule has 1 aliphatic heterocycles. The lowest BCUT2D eigenvalue weighted by atomic mass is 9.92. The summed E-state index contributed by atoms with van der Waals surface area (Å²) >= 11 is 0. The van der Waals surface area contributed by atoms with Crippen LogP contribution in [0.4, 0.5) is 4.79 Å². The number of carbonyl (C=O) groups is 4. The molecule has 1 saturated heterocycles. The summed E-state index contributed by atoms with van der Waals surface area (Å²) in [5, 5.41) is 13.6. The van der Waals surface area contributed by atoms with Gasteiger partial charge in [-0.25, -0.2) is 15.1 Å². The van der Waals surface area contributed by atoms with Gasteiger partial charge in [0, 0.05) is 13.0 Å². The molecule has 0 spiro atoms. The number of piperazine rings is 1. The number of carboxylic acid groups (broad SMARTS) is 1. The SMILES string of the molecule is CCCCCCCCCC[C@H](CC(=O)NOCc1ccccc1)C(=O)[N@@+]1(C(=O)O)CCNCC1C(=O)OCc1ccccc1. The van der Waals surface area contributed by atoms with Crippen LogP contribution in [-0.2, 0) is 37.2 Å². The van der Waals surface area contributed by atoms with E-state index in [4.69, 9.17) is 9.57 Å². The molecule has 0 radical (unpaired) electrons. The fraction of sp³-hybridized carbons (Fsp3) is 0.529. The molecule has 1 unspecified atom stereocenters. The number of hydrogen-bond acceptors (Lipinski definition) is 7. The van der Waals surface area contributed by atoms with Gasteiger partial charge in [-0.15, -0.1) is 4.48 Å². The summed E-state index contributed by atoms with van der Waals surface area (Å²) in [4.78, 5) is 58.9. The van der Waals surface area contributed by atoms with Crippen LogP contribution in [0, 0.1) is 5.92 Å². The number of nitrogens with zero attached hydrogens (tertiary/aromatic N) is 1. The van der Waals surface area contributed by atoms with E-state index in [1.807, 2.05) is 48.5 Å². The quantitative estimate of drug-likeness (QED) is 0.0872. The molecule has 0 saturated carbocycles. The number of carbonyl (C=O) groups excluding carboxylic acids is 3. The molecule has 10 heteroatoms. The molecule has 10 nitrogen and oxygen atoms in total. The summed E-state index contributed by atoms with van der Waals surface area (Å²) in [5.41, 5.74) is 4.04. The molecule has 1 fully saturated rings. The number of hydrogen-bond donors (Lipinski definition) is 3. The highest BCUT2D eigenvalue weighted by molar-refractivity contribution is 5.90. The van der Waals surface area contributed by atoms with Crippen LogP contribution in [0.1, 0.15) is 82.3 Å². The number of ether oxygens (including phenoxy) is 1.